The van der Waals surface area contributed by atoms with Crippen LogP contribution < -0.4 is 9.78 Å². The minimum absolute atomic E-state index is 0.290. The molecule has 2 rings (SSSR count). The van der Waals surface area contributed by atoms with E-state index in [0.717, 1.165) is 11.7 Å². The number of hydrogen-bond donors (Lipinski definition) is 1. The van der Waals surface area contributed by atoms with Crippen LogP contribution in [-0.2, 0) is 16.0 Å². The van der Waals surface area contributed by atoms with E-state index in [0.29, 0.717) is 27.6 Å². The van der Waals surface area contributed by atoms with Crippen LogP contribution in [0.5, 0.6) is 0 Å². The fourth-order valence-electron chi connectivity index (χ4n) is 2.22. The number of carbonyl (C=O) groups is 1. The Labute approximate surface area is 150 Å². The molecule has 3 nitrogen and oxygen atoms in total. The first-order chi connectivity index (χ1) is 11.8. The summed E-state index contributed by atoms with van der Waals surface area (Å²) in [6.45, 7) is 2.20. The Balaban J connectivity index is 1.94. The number of rotatable bonds is 9. The van der Waals surface area contributed by atoms with E-state index in [4.69, 9.17) is 4.74 Å². The van der Waals surface area contributed by atoms with Gasteiger partial charge >= 0.3 is 150 Å². The summed E-state index contributed by atoms with van der Waals surface area (Å²) in [4.78, 5) is 11.4. The first kappa shape index (κ1) is 18.3. The van der Waals surface area contributed by atoms with Crippen molar-refractivity contribution in [1.29, 1.82) is 0 Å². The van der Waals surface area contributed by atoms with Gasteiger partial charge < -0.3 is 0 Å². The van der Waals surface area contributed by atoms with Gasteiger partial charge in [-0.25, -0.2) is 0 Å². The third kappa shape index (κ3) is 7.03. The number of esters is 1. The van der Waals surface area contributed by atoms with Crippen molar-refractivity contribution >= 4 is 25.4 Å². The topological polar surface area (TPSA) is 38.3 Å². The number of carbonyl (C=O) groups excluding carboxylic acids is 1. The number of hydrogen-bond acceptors (Lipinski definition) is 3. The van der Waals surface area contributed by atoms with Crippen molar-refractivity contribution in [1.82, 2.24) is 5.32 Å². The predicted octanol–water partition coefficient (Wildman–Crippen LogP) is 2.71. The Hall–Kier alpha value is -2.03. The van der Waals surface area contributed by atoms with Gasteiger partial charge in [-0.2, -0.15) is 0 Å². The fraction of sp³-hybridized carbons (Fsp3) is 0.250. The quantitative estimate of drug-likeness (QED) is 0.408. The van der Waals surface area contributed by atoms with Gasteiger partial charge in [-0.1, -0.05) is 0 Å². The van der Waals surface area contributed by atoms with Crippen LogP contribution in [0.15, 0.2) is 72.9 Å². The summed E-state index contributed by atoms with van der Waals surface area (Å²) < 4.78 is 6.30. The number of nitrogens with one attached hydrogen (secondary N) is 1. The summed E-state index contributed by atoms with van der Waals surface area (Å²) in [5, 5.41) is 4.42. The molecule has 0 aliphatic heterocycles. The van der Waals surface area contributed by atoms with Crippen LogP contribution in [-0.4, -0.2) is 33.6 Å². The van der Waals surface area contributed by atoms with Gasteiger partial charge in [-0.3, -0.25) is 0 Å². The first-order valence-electron chi connectivity index (χ1n) is 8.09. The van der Waals surface area contributed by atoms with Gasteiger partial charge in [0.05, 0.1) is 0 Å². The van der Waals surface area contributed by atoms with Crippen molar-refractivity contribution in [2.45, 2.75) is 24.7 Å². The molecule has 0 aliphatic rings. The van der Waals surface area contributed by atoms with Crippen molar-refractivity contribution < 1.29 is 9.53 Å². The maximum atomic E-state index is 11.4. The molecule has 0 aliphatic carbocycles. The molecule has 0 saturated carbocycles. The van der Waals surface area contributed by atoms with Crippen LogP contribution in [0, 0.1) is 0 Å². The van der Waals surface area contributed by atoms with Crippen LogP contribution in [0.2, 0.25) is 5.32 Å². The molecule has 0 aromatic heterocycles. The summed E-state index contributed by atoms with van der Waals surface area (Å²) >= 11 is 0.394. The number of ether oxygens (including phenoxy) is 1. The second-order valence-corrected chi connectivity index (χ2v) is 7.56. The van der Waals surface area contributed by atoms with Crippen LogP contribution >= 0.6 is 0 Å². The Morgan fingerprint density at radius 1 is 1.12 bits per heavy atom. The molecule has 2 aromatic carbocycles. The summed E-state index contributed by atoms with van der Waals surface area (Å²) in [6, 6.07) is 21.3. The zero-order chi connectivity index (χ0) is 17.0. The fourth-order valence-corrected chi connectivity index (χ4v) is 4.23. The molecule has 126 valence electrons. The number of benzene rings is 2. The van der Waals surface area contributed by atoms with Crippen LogP contribution in [0.3, 0.4) is 0 Å². The molecule has 0 fully saturated rings. The average molecular weight is 388 g/mol. The zero-order valence-corrected chi connectivity index (χ0v) is 15.6. The summed E-state index contributed by atoms with van der Waals surface area (Å²) in [5.41, 5.74) is 1.29. The molecule has 0 saturated heterocycles. The van der Waals surface area contributed by atoms with E-state index in [1.807, 2.05) is 12.1 Å². The molecule has 24 heavy (non-hydrogen) atoms. The summed E-state index contributed by atoms with van der Waals surface area (Å²) in [5.74, 6) is -0.308. The Morgan fingerprint density at radius 3 is 2.46 bits per heavy atom. The molecular formula is C20H23NO2Se. The molecule has 0 spiro atoms. The predicted molar refractivity (Wildman–Crippen MR) is 99.5 cm³/mol. The summed E-state index contributed by atoms with van der Waals surface area (Å²) in [6.07, 6.45) is 4.10. The van der Waals surface area contributed by atoms with Crippen LogP contribution in [0.4, 0.5) is 0 Å². The van der Waals surface area contributed by atoms with Gasteiger partial charge in [0.15, 0.2) is 0 Å². The molecule has 2 aromatic rings. The SMILES string of the molecule is CCOC(=O)/C=C/NC(C[Se]c1ccccc1)Cc1ccccc1. The third-order valence-corrected chi connectivity index (χ3v) is 5.82. The Bertz CT molecular complexity index is 629. The molecule has 0 amide bonds. The maximum absolute atomic E-state index is 11.4. The van der Waals surface area contributed by atoms with Gasteiger partial charge in [-0.15, -0.1) is 0 Å². The van der Waals surface area contributed by atoms with E-state index in [9.17, 15) is 4.79 Å². The second-order valence-electron chi connectivity index (χ2n) is 5.26. The van der Waals surface area contributed by atoms with Gasteiger partial charge in [0.1, 0.15) is 0 Å². The van der Waals surface area contributed by atoms with Crippen molar-refractivity contribution in [2.75, 3.05) is 6.61 Å². The molecule has 1 N–H and O–H groups in total. The average Bonchev–Trinajstić information content (AvgIpc) is 2.61. The zero-order valence-electron chi connectivity index (χ0n) is 13.9. The van der Waals surface area contributed by atoms with Gasteiger partial charge in [-0.05, 0) is 0 Å². The molecule has 0 bridgehead atoms. The summed E-state index contributed by atoms with van der Waals surface area (Å²) in [7, 11) is 0. The molecular weight excluding hydrogens is 365 g/mol. The molecule has 0 heterocycles. The Kier molecular flexibility index (Phi) is 8.16. The van der Waals surface area contributed by atoms with Crippen LogP contribution in [0.25, 0.3) is 0 Å². The molecule has 4 heteroatoms. The van der Waals surface area contributed by atoms with E-state index in [1.165, 1.54) is 16.1 Å². The second kappa shape index (κ2) is 10.7. The van der Waals surface area contributed by atoms with Crippen molar-refractivity contribution in [3.63, 3.8) is 0 Å². The van der Waals surface area contributed by atoms with Gasteiger partial charge in [0.25, 0.3) is 0 Å². The van der Waals surface area contributed by atoms with Crippen molar-refractivity contribution in [3.8, 4) is 0 Å². The minimum atomic E-state index is -0.308. The normalized spacial score (nSPS) is 12.0. The molecule has 1 atom stereocenters. The van der Waals surface area contributed by atoms with Gasteiger partial charge in [0.2, 0.25) is 0 Å². The first-order valence-corrected chi connectivity index (χ1v) is 10.2. The van der Waals surface area contributed by atoms with E-state index in [-0.39, 0.29) is 5.97 Å². The standard InChI is InChI=1S/C20H23NO2Se/c1-2-23-20(22)13-14-21-18(15-17-9-5-3-6-10-17)16-24-19-11-7-4-8-12-19/h3-14,18,21H,2,15-16H2,1H3/b14-13+. The van der Waals surface area contributed by atoms with E-state index >= 15 is 0 Å². The van der Waals surface area contributed by atoms with Gasteiger partial charge in [0, 0.05) is 0 Å². The van der Waals surface area contributed by atoms with Crippen molar-refractivity contribution in [2.24, 2.45) is 0 Å². The van der Waals surface area contributed by atoms with E-state index < -0.39 is 0 Å². The monoisotopic (exact) mass is 389 g/mol. The molecule has 0 radical (unpaired) electrons. The molecule has 1 unspecified atom stereocenters. The van der Waals surface area contributed by atoms with E-state index in [1.54, 1.807) is 13.1 Å². The van der Waals surface area contributed by atoms with E-state index in [2.05, 4.69) is 53.8 Å². The van der Waals surface area contributed by atoms with Crippen molar-refractivity contribution in [3.05, 3.63) is 78.5 Å². The Morgan fingerprint density at radius 2 is 1.79 bits per heavy atom. The third-order valence-electron chi connectivity index (χ3n) is 3.36. The van der Waals surface area contributed by atoms with Crippen LogP contribution in [0.1, 0.15) is 12.5 Å².